The molecule has 2 fully saturated rings. The maximum Gasteiger partial charge on any atom is 0.147 e. The topological polar surface area (TPSA) is 47.9 Å². The Morgan fingerprint density at radius 3 is 2.69 bits per heavy atom. The summed E-state index contributed by atoms with van der Waals surface area (Å²) in [6.45, 7) is 1.55. The zero-order chi connectivity index (χ0) is 11.4. The van der Waals surface area contributed by atoms with Crippen molar-refractivity contribution in [1.29, 1.82) is 0 Å². The Balaban J connectivity index is 1.64. The van der Waals surface area contributed by atoms with Gasteiger partial charge in [0.05, 0.1) is 25.4 Å². The zero-order valence-corrected chi connectivity index (χ0v) is 9.93. The Morgan fingerprint density at radius 1 is 1.06 bits per heavy atom. The molecule has 1 N–H and O–H groups in total. The van der Waals surface area contributed by atoms with Gasteiger partial charge in [-0.05, 0) is 37.5 Å². The first kappa shape index (κ1) is 12.3. The number of aliphatic hydroxyl groups excluding tert-OH is 1. The van der Waals surface area contributed by atoms with Gasteiger partial charge in [-0.15, -0.1) is 0 Å². The molecule has 0 bridgehead atoms. The highest BCUT2D eigenvalue weighted by Crippen LogP contribution is 2.45. The predicted molar refractivity (Wildman–Crippen MR) is 59.0 cm³/mol. The fraction of sp³-hybridized carbons (Fsp3) is 1.00. The number of rotatable bonds is 6. The highest BCUT2D eigenvalue weighted by atomic mass is 16.7. The van der Waals surface area contributed by atoms with Gasteiger partial charge in [-0.25, -0.2) is 0 Å². The van der Waals surface area contributed by atoms with Gasteiger partial charge in [0, 0.05) is 7.11 Å². The first-order valence-corrected chi connectivity index (χ1v) is 6.19. The van der Waals surface area contributed by atoms with Crippen molar-refractivity contribution in [3.63, 3.8) is 0 Å². The molecule has 0 aliphatic heterocycles. The molecule has 0 unspecified atom stereocenters. The molecule has 0 aromatic carbocycles. The Labute approximate surface area is 96.9 Å². The van der Waals surface area contributed by atoms with Crippen molar-refractivity contribution in [2.24, 2.45) is 11.8 Å². The fourth-order valence-corrected chi connectivity index (χ4v) is 3.06. The van der Waals surface area contributed by atoms with Crippen LogP contribution in [0.5, 0.6) is 0 Å². The van der Waals surface area contributed by atoms with Crippen LogP contribution in [-0.2, 0) is 14.2 Å². The van der Waals surface area contributed by atoms with E-state index in [1.165, 1.54) is 0 Å². The number of hydrogen-bond acceptors (Lipinski definition) is 4. The summed E-state index contributed by atoms with van der Waals surface area (Å²) in [7, 11) is 1.66. The van der Waals surface area contributed by atoms with E-state index < -0.39 is 0 Å². The molecule has 0 heterocycles. The smallest absolute Gasteiger partial charge is 0.147 e. The van der Waals surface area contributed by atoms with Crippen molar-refractivity contribution in [1.82, 2.24) is 0 Å². The SMILES string of the molecule is COCCOCO[C@H]1CC[C@H]2[C@@H]1CC[C@H]2O. The third-order valence-electron chi connectivity index (χ3n) is 3.90. The van der Waals surface area contributed by atoms with E-state index in [1.54, 1.807) is 7.11 Å². The molecule has 0 saturated heterocycles. The molecule has 94 valence electrons. The summed E-state index contributed by atoms with van der Waals surface area (Å²) in [5, 5.41) is 9.76. The highest BCUT2D eigenvalue weighted by molar-refractivity contribution is 4.94. The van der Waals surface area contributed by atoms with Gasteiger partial charge in [-0.3, -0.25) is 0 Å². The minimum absolute atomic E-state index is 0.0898. The Kier molecular flexibility index (Phi) is 4.58. The number of aliphatic hydroxyl groups is 1. The highest BCUT2D eigenvalue weighted by Gasteiger charge is 2.44. The van der Waals surface area contributed by atoms with Crippen molar-refractivity contribution >= 4 is 0 Å². The fourth-order valence-electron chi connectivity index (χ4n) is 3.06. The second-order valence-electron chi connectivity index (χ2n) is 4.77. The Bertz CT molecular complexity index is 209. The molecule has 4 nitrogen and oxygen atoms in total. The number of methoxy groups -OCH3 is 1. The first-order valence-electron chi connectivity index (χ1n) is 6.19. The van der Waals surface area contributed by atoms with Crippen LogP contribution in [0.2, 0.25) is 0 Å². The molecule has 0 radical (unpaired) electrons. The van der Waals surface area contributed by atoms with Crippen LogP contribution in [0.15, 0.2) is 0 Å². The third-order valence-corrected chi connectivity index (χ3v) is 3.90. The first-order chi connectivity index (χ1) is 7.83. The average molecular weight is 230 g/mol. The summed E-state index contributed by atoms with van der Waals surface area (Å²) >= 11 is 0. The van der Waals surface area contributed by atoms with E-state index in [9.17, 15) is 5.11 Å². The molecule has 4 heteroatoms. The average Bonchev–Trinajstić information content (AvgIpc) is 2.83. The van der Waals surface area contributed by atoms with E-state index in [0.717, 1.165) is 25.7 Å². The van der Waals surface area contributed by atoms with Gasteiger partial charge in [-0.1, -0.05) is 0 Å². The lowest BCUT2D eigenvalue weighted by Crippen LogP contribution is -2.22. The Hall–Kier alpha value is -0.160. The molecule has 0 amide bonds. The lowest BCUT2D eigenvalue weighted by atomic mass is 9.98. The molecule has 0 spiro atoms. The standard InChI is InChI=1S/C12H22O4/c1-14-6-7-15-8-16-12-5-3-9-10(12)2-4-11(9)13/h9-13H,2-8H2,1H3/t9-,10-,11+,12-/m0/s1. The van der Waals surface area contributed by atoms with Crippen molar-refractivity contribution in [2.45, 2.75) is 37.9 Å². The molecule has 16 heavy (non-hydrogen) atoms. The van der Waals surface area contributed by atoms with Gasteiger partial charge in [0.25, 0.3) is 0 Å². The minimum Gasteiger partial charge on any atom is -0.393 e. The van der Waals surface area contributed by atoms with Crippen LogP contribution < -0.4 is 0 Å². The Morgan fingerprint density at radius 2 is 1.88 bits per heavy atom. The monoisotopic (exact) mass is 230 g/mol. The summed E-state index contributed by atoms with van der Waals surface area (Å²) < 4.78 is 15.9. The summed E-state index contributed by atoms with van der Waals surface area (Å²) in [5.41, 5.74) is 0. The summed E-state index contributed by atoms with van der Waals surface area (Å²) in [6.07, 6.45) is 4.43. The van der Waals surface area contributed by atoms with E-state index in [4.69, 9.17) is 14.2 Å². The van der Waals surface area contributed by atoms with E-state index in [-0.39, 0.29) is 6.10 Å². The molecule has 2 aliphatic carbocycles. The van der Waals surface area contributed by atoms with E-state index in [0.29, 0.717) is 37.9 Å². The molecule has 0 aromatic rings. The summed E-state index contributed by atoms with van der Waals surface area (Å²) in [4.78, 5) is 0. The van der Waals surface area contributed by atoms with Crippen LogP contribution in [0.3, 0.4) is 0 Å². The van der Waals surface area contributed by atoms with Crippen LogP contribution in [0.25, 0.3) is 0 Å². The molecule has 4 atom stereocenters. The van der Waals surface area contributed by atoms with E-state index >= 15 is 0 Å². The van der Waals surface area contributed by atoms with E-state index in [2.05, 4.69) is 0 Å². The van der Waals surface area contributed by atoms with Crippen LogP contribution in [0.1, 0.15) is 25.7 Å². The van der Waals surface area contributed by atoms with Gasteiger partial charge in [0.1, 0.15) is 6.79 Å². The van der Waals surface area contributed by atoms with Crippen LogP contribution in [0.4, 0.5) is 0 Å². The molecule has 2 aliphatic rings. The zero-order valence-electron chi connectivity index (χ0n) is 9.93. The molecule has 0 aromatic heterocycles. The van der Waals surface area contributed by atoms with Gasteiger partial charge in [0.15, 0.2) is 0 Å². The lowest BCUT2D eigenvalue weighted by Gasteiger charge is -2.19. The lowest BCUT2D eigenvalue weighted by molar-refractivity contribution is -0.108. The maximum absolute atomic E-state index is 9.76. The summed E-state index contributed by atoms with van der Waals surface area (Å²) in [5.74, 6) is 1.03. The quantitative estimate of drug-likeness (QED) is 0.549. The minimum atomic E-state index is -0.0898. The largest absolute Gasteiger partial charge is 0.393 e. The molecular weight excluding hydrogens is 208 g/mol. The van der Waals surface area contributed by atoms with E-state index in [1.807, 2.05) is 0 Å². The third kappa shape index (κ3) is 2.74. The van der Waals surface area contributed by atoms with Crippen molar-refractivity contribution in [3.8, 4) is 0 Å². The van der Waals surface area contributed by atoms with Crippen molar-refractivity contribution in [2.75, 3.05) is 27.1 Å². The maximum atomic E-state index is 9.76. The number of ether oxygens (including phenoxy) is 3. The second kappa shape index (κ2) is 5.96. The normalized spacial score (nSPS) is 37.9. The van der Waals surface area contributed by atoms with Crippen LogP contribution in [-0.4, -0.2) is 44.4 Å². The van der Waals surface area contributed by atoms with Crippen molar-refractivity contribution < 1.29 is 19.3 Å². The molecular formula is C12H22O4. The van der Waals surface area contributed by atoms with Gasteiger partial charge in [0.2, 0.25) is 0 Å². The second-order valence-corrected chi connectivity index (χ2v) is 4.77. The predicted octanol–water partition coefficient (Wildman–Crippen LogP) is 1.17. The number of hydrogen-bond donors (Lipinski definition) is 1. The molecule has 2 rings (SSSR count). The molecule has 2 saturated carbocycles. The van der Waals surface area contributed by atoms with Crippen LogP contribution >= 0.6 is 0 Å². The van der Waals surface area contributed by atoms with Gasteiger partial charge >= 0.3 is 0 Å². The van der Waals surface area contributed by atoms with Gasteiger partial charge < -0.3 is 19.3 Å². The summed E-state index contributed by atoms with van der Waals surface area (Å²) in [6, 6.07) is 0. The number of fused-ring (bicyclic) bond motifs is 1. The van der Waals surface area contributed by atoms with Crippen molar-refractivity contribution in [3.05, 3.63) is 0 Å². The van der Waals surface area contributed by atoms with Crippen LogP contribution in [0, 0.1) is 11.8 Å². The van der Waals surface area contributed by atoms with Gasteiger partial charge in [-0.2, -0.15) is 0 Å².